The van der Waals surface area contributed by atoms with Gasteiger partial charge < -0.3 is 9.64 Å². The fourth-order valence-corrected chi connectivity index (χ4v) is 2.73. The van der Waals surface area contributed by atoms with Crippen molar-refractivity contribution in [2.45, 2.75) is 38.6 Å². The number of aromatic nitrogens is 2. The maximum atomic E-state index is 12.6. The number of amides is 1. The Morgan fingerprint density at radius 1 is 1.39 bits per heavy atom. The minimum Gasteiger partial charge on any atom is -0.462 e. The zero-order valence-electron chi connectivity index (χ0n) is 13.7. The fraction of sp³-hybridized carbons (Fsp3) is 0.600. The number of rotatable bonds is 3. The number of carbonyl (C=O) groups excluding carboxylic acids is 2. The van der Waals surface area contributed by atoms with E-state index in [0.717, 1.165) is 0 Å². The lowest BCUT2D eigenvalue weighted by molar-refractivity contribution is -0.131. The molecule has 2 unspecified atom stereocenters. The van der Waals surface area contributed by atoms with Crippen LogP contribution in [-0.4, -0.2) is 47.0 Å². The maximum absolute atomic E-state index is 12.6. The van der Waals surface area contributed by atoms with Gasteiger partial charge in [0.05, 0.1) is 12.5 Å². The van der Waals surface area contributed by atoms with E-state index in [1.54, 1.807) is 21.0 Å². The normalized spacial score (nSPS) is 19.3. The van der Waals surface area contributed by atoms with Gasteiger partial charge in [-0.15, -0.1) is 12.4 Å². The predicted molar refractivity (Wildman–Crippen MR) is 87.1 cm³/mol. The van der Waals surface area contributed by atoms with Crippen LogP contribution in [0.5, 0.6) is 0 Å². The average Bonchev–Trinajstić information content (AvgIpc) is 2.47. The third-order valence-corrected chi connectivity index (χ3v) is 3.88. The Kier molecular flexibility index (Phi) is 6.32. The lowest BCUT2D eigenvalue weighted by Crippen LogP contribution is -2.40. The van der Waals surface area contributed by atoms with Gasteiger partial charge in [-0.05, 0) is 26.7 Å². The van der Waals surface area contributed by atoms with Crippen molar-refractivity contribution in [2.24, 2.45) is 0 Å². The van der Waals surface area contributed by atoms with E-state index in [-0.39, 0.29) is 36.5 Å². The molecule has 23 heavy (non-hydrogen) atoms. The van der Waals surface area contributed by atoms with Crippen molar-refractivity contribution in [1.29, 1.82) is 0 Å². The van der Waals surface area contributed by atoms with Gasteiger partial charge in [-0.1, -0.05) is 0 Å². The van der Waals surface area contributed by atoms with Gasteiger partial charge in [0.25, 0.3) is 5.56 Å². The van der Waals surface area contributed by atoms with Crippen molar-refractivity contribution in [1.82, 2.24) is 14.5 Å². The molecule has 2 heterocycles. The lowest BCUT2D eigenvalue weighted by atomic mass is 9.93. The van der Waals surface area contributed by atoms with Gasteiger partial charge in [0.15, 0.2) is 0 Å². The molecule has 0 saturated heterocycles. The van der Waals surface area contributed by atoms with Gasteiger partial charge in [0.2, 0.25) is 5.91 Å². The highest BCUT2D eigenvalue weighted by atomic mass is 35.5. The molecule has 0 bridgehead atoms. The van der Waals surface area contributed by atoms with Gasteiger partial charge in [-0.2, -0.15) is 0 Å². The number of hydrogen-bond acceptors (Lipinski definition) is 5. The van der Waals surface area contributed by atoms with E-state index in [4.69, 9.17) is 4.74 Å². The molecule has 0 radical (unpaired) electrons. The van der Waals surface area contributed by atoms with Gasteiger partial charge in [-0.3, -0.25) is 14.2 Å². The minimum absolute atomic E-state index is 0. The summed E-state index contributed by atoms with van der Waals surface area (Å²) < 4.78 is 6.34. The summed E-state index contributed by atoms with van der Waals surface area (Å²) in [6.45, 7) is 3.75. The zero-order chi connectivity index (χ0) is 16.4. The van der Waals surface area contributed by atoms with E-state index in [1.165, 1.54) is 15.7 Å². The summed E-state index contributed by atoms with van der Waals surface area (Å²) in [5, 5.41) is 0. The lowest BCUT2D eigenvalue weighted by Gasteiger charge is -2.31. The smallest absolute Gasteiger partial charge is 0.345 e. The molecule has 1 aromatic rings. The van der Waals surface area contributed by atoms with Crippen LogP contribution in [-0.2, 0) is 9.53 Å². The van der Waals surface area contributed by atoms with Crippen LogP contribution < -0.4 is 5.56 Å². The molecule has 0 aromatic carbocycles. The first kappa shape index (κ1) is 19.2. The van der Waals surface area contributed by atoms with Gasteiger partial charge in [-0.25, -0.2) is 9.78 Å². The topological polar surface area (TPSA) is 81.5 Å². The highest BCUT2D eigenvalue weighted by molar-refractivity contribution is 5.89. The van der Waals surface area contributed by atoms with Crippen LogP contribution >= 0.6 is 12.4 Å². The van der Waals surface area contributed by atoms with Crippen LogP contribution in [0.25, 0.3) is 0 Å². The summed E-state index contributed by atoms with van der Waals surface area (Å²) in [7, 11) is 3.35. The minimum atomic E-state index is -0.677. The van der Waals surface area contributed by atoms with Crippen molar-refractivity contribution in [3.63, 3.8) is 0 Å². The molecule has 8 heteroatoms. The molecule has 1 amide bonds. The number of carbonyl (C=O) groups is 2. The quantitative estimate of drug-likeness (QED) is 0.774. The molecule has 0 spiro atoms. The molecule has 2 atom stereocenters. The molecule has 0 N–H and O–H groups in total. The SMILES string of the molecule is CCOC(=O)c1cnc2n(c1=O)C(C)CCC2C(=O)N(C)C.Cl. The maximum Gasteiger partial charge on any atom is 0.345 e. The van der Waals surface area contributed by atoms with E-state index < -0.39 is 17.4 Å². The number of ether oxygens (including phenoxy) is 1. The number of nitrogens with zero attached hydrogens (tertiary/aromatic N) is 3. The first-order chi connectivity index (χ1) is 10.4. The van der Waals surface area contributed by atoms with E-state index >= 15 is 0 Å². The zero-order valence-corrected chi connectivity index (χ0v) is 14.6. The van der Waals surface area contributed by atoms with Crippen LogP contribution in [0.1, 0.15) is 54.8 Å². The third kappa shape index (κ3) is 3.55. The molecule has 0 aliphatic carbocycles. The van der Waals surface area contributed by atoms with Crippen molar-refractivity contribution in [3.05, 3.63) is 27.9 Å². The van der Waals surface area contributed by atoms with Crippen LogP contribution in [0.2, 0.25) is 0 Å². The number of likely N-dealkylation sites (N-methyl/N-ethyl adjacent to an activating group) is 1. The molecule has 7 nitrogen and oxygen atoms in total. The first-order valence-electron chi connectivity index (χ1n) is 7.38. The first-order valence-corrected chi connectivity index (χ1v) is 7.38. The highest BCUT2D eigenvalue weighted by Crippen LogP contribution is 2.31. The van der Waals surface area contributed by atoms with Gasteiger partial charge in [0.1, 0.15) is 11.4 Å². The van der Waals surface area contributed by atoms with Gasteiger partial charge in [0, 0.05) is 26.3 Å². The summed E-state index contributed by atoms with van der Waals surface area (Å²) in [4.78, 5) is 42.4. The summed E-state index contributed by atoms with van der Waals surface area (Å²) in [6, 6.07) is -0.101. The molecular formula is C15H22ClN3O4. The van der Waals surface area contributed by atoms with Crippen molar-refractivity contribution >= 4 is 24.3 Å². The Morgan fingerprint density at radius 3 is 2.61 bits per heavy atom. The molecule has 128 valence electrons. The monoisotopic (exact) mass is 343 g/mol. The van der Waals surface area contributed by atoms with Crippen molar-refractivity contribution < 1.29 is 14.3 Å². The Labute approximate surface area is 141 Å². The number of hydrogen-bond donors (Lipinski definition) is 0. The highest BCUT2D eigenvalue weighted by Gasteiger charge is 2.34. The third-order valence-electron chi connectivity index (χ3n) is 3.88. The van der Waals surface area contributed by atoms with E-state index in [2.05, 4.69) is 4.98 Å². The molecular weight excluding hydrogens is 322 g/mol. The summed E-state index contributed by atoms with van der Waals surface area (Å²) in [5.41, 5.74) is -0.525. The van der Waals surface area contributed by atoms with E-state index in [1.807, 2.05) is 6.92 Å². The predicted octanol–water partition coefficient (Wildman–Crippen LogP) is 1.37. The number of fused-ring (bicyclic) bond motifs is 1. The van der Waals surface area contributed by atoms with Crippen molar-refractivity contribution in [2.75, 3.05) is 20.7 Å². The number of halogens is 1. The molecule has 2 rings (SSSR count). The molecule has 0 saturated carbocycles. The summed E-state index contributed by atoms with van der Waals surface area (Å²) >= 11 is 0. The van der Waals surface area contributed by atoms with Crippen molar-refractivity contribution in [3.8, 4) is 0 Å². The molecule has 1 aromatic heterocycles. The van der Waals surface area contributed by atoms with E-state index in [0.29, 0.717) is 18.7 Å². The molecule has 0 fully saturated rings. The van der Waals surface area contributed by atoms with Gasteiger partial charge >= 0.3 is 5.97 Å². The second kappa shape index (κ2) is 7.59. The Balaban J connectivity index is 0.00000264. The average molecular weight is 344 g/mol. The van der Waals surface area contributed by atoms with E-state index in [9.17, 15) is 14.4 Å². The van der Waals surface area contributed by atoms with Crippen LogP contribution in [0, 0.1) is 0 Å². The Bertz CT molecular complexity index is 657. The van der Waals surface area contributed by atoms with Crippen LogP contribution in [0.4, 0.5) is 0 Å². The number of esters is 1. The summed E-state index contributed by atoms with van der Waals surface area (Å²) in [5.74, 6) is -0.786. The molecule has 1 aliphatic rings. The second-order valence-electron chi connectivity index (χ2n) is 5.64. The standard InChI is InChI=1S/C15H21N3O4.ClH/c1-5-22-15(21)11-8-16-12-10(13(19)17(3)4)7-6-9(2)18(12)14(11)20;/h8-10H,5-7H2,1-4H3;1H. The second-order valence-corrected chi connectivity index (χ2v) is 5.64. The Morgan fingerprint density at radius 2 is 2.04 bits per heavy atom. The van der Waals surface area contributed by atoms with Crippen LogP contribution in [0.15, 0.2) is 11.0 Å². The molecule has 1 aliphatic heterocycles. The summed E-state index contributed by atoms with van der Waals surface area (Å²) in [6.07, 6.45) is 2.55. The Hall–Kier alpha value is -1.89. The fourth-order valence-electron chi connectivity index (χ4n) is 2.73. The van der Waals surface area contributed by atoms with Crippen LogP contribution in [0.3, 0.4) is 0 Å². The largest absolute Gasteiger partial charge is 0.462 e.